The molecule has 2 aliphatic heterocycles. The Kier molecular flexibility index (Phi) is 8.01. The molecule has 36 heavy (non-hydrogen) atoms. The van der Waals surface area contributed by atoms with Crippen molar-refractivity contribution in [1.29, 1.82) is 0 Å². The molecule has 4 rings (SSSR count). The lowest BCUT2D eigenvalue weighted by atomic mass is 10.1. The smallest absolute Gasteiger partial charge is 0.294 e. The van der Waals surface area contributed by atoms with Crippen molar-refractivity contribution in [2.75, 3.05) is 31.6 Å². The molecule has 2 saturated heterocycles. The maximum atomic E-state index is 12.7. The summed E-state index contributed by atoms with van der Waals surface area (Å²) in [5.41, 5.74) is 3.29. The van der Waals surface area contributed by atoms with Crippen molar-refractivity contribution in [2.45, 2.75) is 26.7 Å². The highest BCUT2D eigenvalue weighted by Gasteiger charge is 2.37. The number of imide groups is 1. The maximum Gasteiger partial charge on any atom is 0.294 e. The van der Waals surface area contributed by atoms with Crippen LogP contribution in [0, 0.1) is 13.8 Å². The minimum atomic E-state index is -0.503. The van der Waals surface area contributed by atoms with E-state index in [4.69, 9.17) is 16.3 Å². The molecule has 10 heteroatoms. The number of halogens is 1. The second-order valence-electron chi connectivity index (χ2n) is 8.70. The molecule has 1 N–H and O–H groups in total. The predicted molar refractivity (Wildman–Crippen MR) is 140 cm³/mol. The van der Waals surface area contributed by atoms with Crippen LogP contribution in [0.2, 0.25) is 5.02 Å². The van der Waals surface area contributed by atoms with Gasteiger partial charge in [0.1, 0.15) is 12.3 Å². The Labute approximate surface area is 218 Å². The first-order chi connectivity index (χ1) is 17.2. The fourth-order valence-electron chi connectivity index (χ4n) is 3.91. The van der Waals surface area contributed by atoms with E-state index in [1.165, 1.54) is 0 Å². The summed E-state index contributed by atoms with van der Waals surface area (Å²) in [6.45, 7) is 4.69. The predicted octanol–water partition coefficient (Wildman–Crippen LogP) is 4.63. The third-order valence-corrected chi connectivity index (χ3v) is 7.11. The maximum absolute atomic E-state index is 12.7. The van der Waals surface area contributed by atoms with Crippen molar-refractivity contribution in [3.8, 4) is 5.75 Å². The van der Waals surface area contributed by atoms with E-state index in [9.17, 15) is 19.2 Å². The zero-order chi connectivity index (χ0) is 25.8. The highest BCUT2D eigenvalue weighted by Crippen LogP contribution is 2.34. The largest absolute Gasteiger partial charge is 0.482 e. The lowest BCUT2D eigenvalue weighted by Crippen LogP contribution is -2.40. The van der Waals surface area contributed by atoms with Gasteiger partial charge in [-0.1, -0.05) is 29.8 Å². The molecule has 188 valence electrons. The Hall–Kier alpha value is -3.30. The fourth-order valence-corrected chi connectivity index (χ4v) is 5.00. The summed E-state index contributed by atoms with van der Waals surface area (Å²) in [7, 11) is 0. The van der Waals surface area contributed by atoms with Crippen molar-refractivity contribution in [3.63, 3.8) is 0 Å². The first kappa shape index (κ1) is 25.8. The molecule has 0 atom stereocenters. The number of hydrogen-bond donors (Lipinski definition) is 1. The minimum absolute atomic E-state index is 0.215. The van der Waals surface area contributed by atoms with Crippen LogP contribution < -0.4 is 10.1 Å². The van der Waals surface area contributed by atoms with Crippen LogP contribution in [-0.2, 0) is 14.4 Å². The number of carbonyl (C=O) groups excluding carboxylic acids is 4. The SMILES string of the molecule is Cc1ccc(C)c(NC(=O)COc2ccc(/C=C3\SC(=O)N(CC(=O)N4CCCC4)C3=O)cc2Cl)c1. The van der Waals surface area contributed by atoms with Crippen LogP contribution in [0.15, 0.2) is 41.3 Å². The molecule has 0 bridgehead atoms. The Balaban J connectivity index is 1.36. The summed E-state index contributed by atoms with van der Waals surface area (Å²) in [5, 5.41) is 2.61. The molecule has 2 fully saturated rings. The number of benzene rings is 2. The van der Waals surface area contributed by atoms with Crippen LogP contribution >= 0.6 is 23.4 Å². The summed E-state index contributed by atoms with van der Waals surface area (Å²) in [5.74, 6) is -0.727. The number of ether oxygens (including phenoxy) is 1. The van der Waals surface area contributed by atoms with Gasteiger partial charge in [0.2, 0.25) is 5.91 Å². The summed E-state index contributed by atoms with van der Waals surface area (Å²) < 4.78 is 5.57. The summed E-state index contributed by atoms with van der Waals surface area (Å²) >= 11 is 7.12. The van der Waals surface area contributed by atoms with E-state index in [1.807, 2.05) is 32.0 Å². The molecule has 4 amide bonds. The first-order valence-corrected chi connectivity index (χ1v) is 12.7. The van der Waals surface area contributed by atoms with Gasteiger partial charge in [0.25, 0.3) is 17.1 Å². The molecule has 2 aromatic carbocycles. The van der Waals surface area contributed by atoms with Crippen molar-refractivity contribution in [2.24, 2.45) is 0 Å². The van der Waals surface area contributed by atoms with E-state index in [1.54, 1.807) is 29.2 Å². The lowest BCUT2D eigenvalue weighted by Gasteiger charge is -2.18. The Morgan fingerprint density at radius 3 is 2.58 bits per heavy atom. The molecule has 0 aliphatic carbocycles. The van der Waals surface area contributed by atoms with Gasteiger partial charge in [-0.2, -0.15) is 0 Å². The van der Waals surface area contributed by atoms with Crippen LogP contribution in [0.25, 0.3) is 6.08 Å². The Morgan fingerprint density at radius 1 is 1.11 bits per heavy atom. The number of anilines is 1. The molecule has 2 aliphatic rings. The monoisotopic (exact) mass is 527 g/mol. The number of hydrogen-bond acceptors (Lipinski definition) is 6. The average Bonchev–Trinajstić information content (AvgIpc) is 3.46. The normalized spacial score (nSPS) is 16.7. The van der Waals surface area contributed by atoms with Crippen molar-refractivity contribution >= 4 is 58.1 Å². The van der Waals surface area contributed by atoms with Crippen molar-refractivity contribution in [1.82, 2.24) is 9.80 Å². The molecule has 2 heterocycles. The zero-order valence-electron chi connectivity index (χ0n) is 20.0. The minimum Gasteiger partial charge on any atom is -0.482 e. The van der Waals surface area contributed by atoms with Crippen LogP contribution in [0.4, 0.5) is 10.5 Å². The van der Waals surface area contributed by atoms with E-state index in [0.717, 1.165) is 46.3 Å². The Morgan fingerprint density at radius 2 is 1.86 bits per heavy atom. The molecule has 0 unspecified atom stereocenters. The number of nitrogens with one attached hydrogen (secondary N) is 1. The molecular formula is C26H26ClN3O5S. The topological polar surface area (TPSA) is 96.0 Å². The van der Waals surface area contributed by atoms with E-state index in [-0.39, 0.29) is 34.9 Å². The number of thioether (sulfide) groups is 1. The molecule has 0 saturated carbocycles. The molecule has 0 spiro atoms. The van der Waals surface area contributed by atoms with Gasteiger partial charge in [0, 0.05) is 18.8 Å². The quantitative estimate of drug-likeness (QED) is 0.527. The number of aryl methyl sites for hydroxylation is 2. The van der Waals surface area contributed by atoms with Gasteiger partial charge in [-0.15, -0.1) is 0 Å². The van der Waals surface area contributed by atoms with Crippen LogP contribution in [-0.4, -0.2) is 59.0 Å². The van der Waals surface area contributed by atoms with Crippen molar-refractivity contribution < 1.29 is 23.9 Å². The standard InChI is InChI=1S/C26H26ClN3O5S/c1-16-5-6-17(2)20(11-16)28-23(31)15-35-21-8-7-18(12-19(21)27)13-22-25(33)30(26(34)36-22)14-24(32)29-9-3-4-10-29/h5-8,11-13H,3-4,9-10,14-15H2,1-2H3,(H,28,31)/b22-13-. The zero-order valence-corrected chi connectivity index (χ0v) is 21.6. The summed E-state index contributed by atoms with van der Waals surface area (Å²) in [6, 6.07) is 10.6. The van der Waals surface area contributed by atoms with Gasteiger partial charge in [-0.3, -0.25) is 24.1 Å². The second kappa shape index (κ2) is 11.2. The van der Waals surface area contributed by atoms with Gasteiger partial charge in [-0.05, 0) is 79.4 Å². The van der Waals surface area contributed by atoms with Crippen molar-refractivity contribution in [3.05, 3.63) is 63.0 Å². The van der Waals surface area contributed by atoms with Gasteiger partial charge >= 0.3 is 0 Å². The van der Waals surface area contributed by atoms with Gasteiger partial charge in [0.05, 0.1) is 9.93 Å². The van der Waals surface area contributed by atoms with E-state index in [0.29, 0.717) is 24.4 Å². The first-order valence-electron chi connectivity index (χ1n) is 11.5. The van der Waals surface area contributed by atoms with E-state index < -0.39 is 11.1 Å². The van der Waals surface area contributed by atoms with Crippen LogP contribution in [0.5, 0.6) is 5.75 Å². The lowest BCUT2D eigenvalue weighted by molar-refractivity contribution is -0.135. The van der Waals surface area contributed by atoms with Crippen LogP contribution in [0.3, 0.4) is 0 Å². The number of nitrogens with zero attached hydrogens (tertiary/aromatic N) is 2. The molecular weight excluding hydrogens is 502 g/mol. The highest BCUT2D eigenvalue weighted by atomic mass is 35.5. The highest BCUT2D eigenvalue weighted by molar-refractivity contribution is 8.18. The Bertz CT molecular complexity index is 1260. The van der Waals surface area contributed by atoms with Crippen LogP contribution in [0.1, 0.15) is 29.5 Å². The van der Waals surface area contributed by atoms with Gasteiger partial charge in [0.15, 0.2) is 6.61 Å². The van der Waals surface area contributed by atoms with E-state index >= 15 is 0 Å². The van der Waals surface area contributed by atoms with E-state index in [2.05, 4.69) is 5.32 Å². The fraction of sp³-hybridized carbons (Fsp3) is 0.308. The molecule has 8 nitrogen and oxygen atoms in total. The molecule has 0 radical (unpaired) electrons. The number of carbonyl (C=O) groups is 4. The summed E-state index contributed by atoms with van der Waals surface area (Å²) in [4.78, 5) is 52.7. The van der Waals surface area contributed by atoms with Gasteiger partial charge < -0.3 is 15.0 Å². The second-order valence-corrected chi connectivity index (χ2v) is 10.1. The third kappa shape index (κ3) is 6.09. The summed E-state index contributed by atoms with van der Waals surface area (Å²) in [6.07, 6.45) is 3.42. The molecule has 2 aromatic rings. The third-order valence-electron chi connectivity index (χ3n) is 5.91. The number of rotatable bonds is 7. The average molecular weight is 528 g/mol. The number of amides is 4. The molecule has 0 aromatic heterocycles. The van der Waals surface area contributed by atoms with Gasteiger partial charge in [-0.25, -0.2) is 0 Å². The number of likely N-dealkylation sites (tertiary alicyclic amines) is 1.